The van der Waals surface area contributed by atoms with Crippen LogP contribution in [0.4, 0.5) is 0 Å². The van der Waals surface area contributed by atoms with Crippen LogP contribution in [0.15, 0.2) is 58.2 Å². The third-order valence-electron chi connectivity index (χ3n) is 4.16. The summed E-state index contributed by atoms with van der Waals surface area (Å²) < 4.78 is 10.8. The topological polar surface area (TPSA) is 85.5 Å². The van der Waals surface area contributed by atoms with Crippen molar-refractivity contribution in [2.24, 2.45) is 0 Å². The highest BCUT2D eigenvalue weighted by atomic mass is 32.2. The molecule has 4 rings (SSSR count). The van der Waals surface area contributed by atoms with E-state index in [1.807, 2.05) is 24.3 Å². The van der Waals surface area contributed by atoms with E-state index in [-0.39, 0.29) is 18.4 Å². The van der Waals surface area contributed by atoms with Gasteiger partial charge in [-0.15, -0.1) is 10.2 Å². The zero-order chi connectivity index (χ0) is 18.8. The minimum Gasteiger partial charge on any atom is -0.497 e. The normalized spacial score (nSPS) is 13.1. The highest BCUT2D eigenvalue weighted by Crippen LogP contribution is 2.26. The Morgan fingerprint density at radius 2 is 1.67 bits per heavy atom. The summed E-state index contributed by atoms with van der Waals surface area (Å²) in [5.41, 5.74) is 1.69. The van der Waals surface area contributed by atoms with Gasteiger partial charge in [0.25, 0.3) is 17.0 Å². The van der Waals surface area contributed by atoms with Crippen LogP contribution < -0.4 is 4.74 Å². The fourth-order valence-electron chi connectivity index (χ4n) is 2.78. The molecule has 136 valence electrons. The van der Waals surface area contributed by atoms with E-state index in [0.717, 1.165) is 11.3 Å². The van der Waals surface area contributed by atoms with E-state index >= 15 is 0 Å². The summed E-state index contributed by atoms with van der Waals surface area (Å²) in [4.78, 5) is 25.9. The molecule has 0 unspecified atom stereocenters. The van der Waals surface area contributed by atoms with Gasteiger partial charge in [-0.05, 0) is 36.4 Å². The van der Waals surface area contributed by atoms with Crippen LogP contribution in [0.3, 0.4) is 0 Å². The van der Waals surface area contributed by atoms with Gasteiger partial charge in [0, 0.05) is 17.9 Å². The first-order chi connectivity index (χ1) is 13.2. The molecule has 0 N–H and O–H groups in total. The molecule has 0 spiro atoms. The molecule has 2 amide bonds. The van der Waals surface area contributed by atoms with Crippen molar-refractivity contribution in [1.82, 2.24) is 15.1 Å². The fraction of sp³-hybridized carbons (Fsp3) is 0.158. The maximum absolute atomic E-state index is 12.3. The zero-order valence-electron chi connectivity index (χ0n) is 14.4. The molecule has 7 nitrogen and oxygen atoms in total. The minimum atomic E-state index is -0.263. The van der Waals surface area contributed by atoms with E-state index in [1.165, 1.54) is 16.7 Å². The van der Waals surface area contributed by atoms with E-state index in [1.54, 1.807) is 31.4 Å². The van der Waals surface area contributed by atoms with Gasteiger partial charge in [-0.25, -0.2) is 0 Å². The Balaban J connectivity index is 1.37. The SMILES string of the molecule is COc1ccc(-c2nnc(SCCN3C(=O)c4ccccc4C3=O)o2)cc1. The summed E-state index contributed by atoms with van der Waals surface area (Å²) in [6.45, 7) is 0.275. The molecule has 0 saturated carbocycles. The van der Waals surface area contributed by atoms with E-state index in [4.69, 9.17) is 9.15 Å². The molecule has 1 aromatic heterocycles. The minimum absolute atomic E-state index is 0.263. The Labute approximate surface area is 159 Å². The number of amides is 2. The van der Waals surface area contributed by atoms with Gasteiger partial charge in [-0.2, -0.15) is 0 Å². The number of hydrogen-bond acceptors (Lipinski definition) is 7. The lowest BCUT2D eigenvalue weighted by atomic mass is 10.1. The summed E-state index contributed by atoms with van der Waals surface area (Å²) in [7, 11) is 1.60. The number of thioether (sulfide) groups is 1. The number of rotatable bonds is 6. The van der Waals surface area contributed by atoms with Crippen molar-refractivity contribution in [2.75, 3.05) is 19.4 Å². The van der Waals surface area contributed by atoms with Crippen molar-refractivity contribution >= 4 is 23.6 Å². The van der Waals surface area contributed by atoms with E-state index < -0.39 is 0 Å². The Bertz CT molecular complexity index is 965. The largest absolute Gasteiger partial charge is 0.497 e. The van der Waals surface area contributed by atoms with Gasteiger partial charge in [-0.3, -0.25) is 14.5 Å². The molecular formula is C19H15N3O4S. The van der Waals surface area contributed by atoms with E-state index in [0.29, 0.717) is 28.0 Å². The van der Waals surface area contributed by atoms with Gasteiger partial charge in [0.05, 0.1) is 18.2 Å². The molecule has 1 aliphatic rings. The maximum atomic E-state index is 12.3. The monoisotopic (exact) mass is 381 g/mol. The number of carbonyl (C=O) groups is 2. The number of ether oxygens (including phenoxy) is 1. The van der Waals surface area contributed by atoms with Crippen LogP contribution in [0.2, 0.25) is 0 Å². The zero-order valence-corrected chi connectivity index (χ0v) is 15.2. The molecule has 0 saturated heterocycles. The second-order valence-electron chi connectivity index (χ2n) is 5.76. The molecule has 0 radical (unpaired) electrons. The molecule has 3 aromatic rings. The number of imide groups is 1. The molecule has 2 aromatic carbocycles. The standard InChI is InChI=1S/C19H15N3O4S/c1-25-13-8-6-12(7-9-13)16-20-21-19(26-16)27-11-10-22-17(23)14-4-2-3-5-15(14)18(22)24/h2-9H,10-11H2,1H3. The fourth-order valence-corrected chi connectivity index (χ4v) is 3.47. The summed E-state index contributed by atoms with van der Waals surface area (Å²) in [6, 6.07) is 14.1. The average molecular weight is 381 g/mol. The highest BCUT2D eigenvalue weighted by molar-refractivity contribution is 7.99. The van der Waals surface area contributed by atoms with Crippen molar-refractivity contribution in [2.45, 2.75) is 5.22 Å². The van der Waals surface area contributed by atoms with Crippen molar-refractivity contribution in [1.29, 1.82) is 0 Å². The highest BCUT2D eigenvalue weighted by Gasteiger charge is 2.34. The van der Waals surface area contributed by atoms with Crippen molar-refractivity contribution in [3.05, 3.63) is 59.7 Å². The number of benzene rings is 2. The summed E-state index contributed by atoms with van der Waals surface area (Å²) in [6.07, 6.45) is 0. The van der Waals surface area contributed by atoms with Crippen LogP contribution in [0.5, 0.6) is 5.75 Å². The lowest BCUT2D eigenvalue weighted by Gasteiger charge is -2.12. The summed E-state index contributed by atoms with van der Waals surface area (Å²) >= 11 is 1.30. The Morgan fingerprint density at radius 1 is 1.00 bits per heavy atom. The van der Waals surface area contributed by atoms with Crippen LogP contribution in [-0.4, -0.2) is 46.3 Å². The van der Waals surface area contributed by atoms with Crippen molar-refractivity contribution in [3.8, 4) is 17.2 Å². The van der Waals surface area contributed by atoms with Crippen LogP contribution in [0.25, 0.3) is 11.5 Å². The van der Waals surface area contributed by atoms with Crippen molar-refractivity contribution in [3.63, 3.8) is 0 Å². The number of aromatic nitrogens is 2. The van der Waals surface area contributed by atoms with Crippen LogP contribution in [-0.2, 0) is 0 Å². The third-order valence-corrected chi connectivity index (χ3v) is 4.96. The second kappa shape index (κ2) is 7.24. The Kier molecular flexibility index (Phi) is 4.64. The number of nitrogens with zero attached hydrogens (tertiary/aromatic N) is 3. The first-order valence-corrected chi connectivity index (χ1v) is 9.22. The molecule has 1 aliphatic heterocycles. The predicted molar refractivity (Wildman–Crippen MR) is 98.8 cm³/mol. The predicted octanol–water partition coefficient (Wildman–Crippen LogP) is 3.13. The van der Waals surface area contributed by atoms with Gasteiger partial charge < -0.3 is 9.15 Å². The lowest BCUT2D eigenvalue weighted by Crippen LogP contribution is -2.31. The maximum Gasteiger partial charge on any atom is 0.276 e. The molecule has 0 bridgehead atoms. The molecule has 0 atom stereocenters. The van der Waals surface area contributed by atoms with Gasteiger partial charge in [0.1, 0.15) is 5.75 Å². The third kappa shape index (κ3) is 3.31. The molecule has 0 fully saturated rings. The molecule has 27 heavy (non-hydrogen) atoms. The van der Waals surface area contributed by atoms with Crippen LogP contribution >= 0.6 is 11.8 Å². The van der Waals surface area contributed by atoms with E-state index in [9.17, 15) is 9.59 Å². The molecule has 2 heterocycles. The molecule has 8 heteroatoms. The van der Waals surface area contributed by atoms with Gasteiger partial charge in [-0.1, -0.05) is 23.9 Å². The lowest BCUT2D eigenvalue weighted by molar-refractivity contribution is 0.0664. The number of carbonyl (C=O) groups excluding carboxylic acids is 2. The Morgan fingerprint density at radius 3 is 2.30 bits per heavy atom. The summed E-state index contributed by atoms with van der Waals surface area (Å²) in [5, 5.41) is 8.42. The smallest absolute Gasteiger partial charge is 0.276 e. The van der Waals surface area contributed by atoms with E-state index in [2.05, 4.69) is 10.2 Å². The van der Waals surface area contributed by atoms with Crippen LogP contribution in [0, 0.1) is 0 Å². The number of fused-ring (bicyclic) bond motifs is 1. The van der Waals surface area contributed by atoms with Gasteiger partial charge in [0.15, 0.2) is 0 Å². The molecule has 0 aliphatic carbocycles. The average Bonchev–Trinajstić information content (AvgIpc) is 3.27. The second-order valence-corrected chi connectivity index (χ2v) is 6.80. The van der Waals surface area contributed by atoms with Crippen molar-refractivity contribution < 1.29 is 18.7 Å². The van der Waals surface area contributed by atoms with Gasteiger partial charge >= 0.3 is 0 Å². The number of hydrogen-bond donors (Lipinski definition) is 0. The number of methoxy groups -OCH3 is 1. The first-order valence-electron chi connectivity index (χ1n) is 8.23. The first kappa shape index (κ1) is 17.3. The Hall–Kier alpha value is -3.13. The van der Waals surface area contributed by atoms with Gasteiger partial charge in [0.2, 0.25) is 5.89 Å². The summed E-state index contributed by atoms with van der Waals surface area (Å²) in [5.74, 6) is 1.09. The van der Waals surface area contributed by atoms with Crippen LogP contribution in [0.1, 0.15) is 20.7 Å². The quantitative estimate of drug-likeness (QED) is 0.479. The molecular weight excluding hydrogens is 366 g/mol.